The molecule has 0 aromatic rings. The summed E-state index contributed by atoms with van der Waals surface area (Å²) in [6.45, 7) is 13.8. The number of unbranched alkanes of at least 4 members (excludes halogenated alkanes) is 9. The second-order valence-electron chi connectivity index (χ2n) is 7.43. The van der Waals surface area contributed by atoms with Gasteiger partial charge in [0, 0.05) is 5.92 Å². The maximum atomic E-state index is 6.25. The minimum atomic E-state index is 1.04. The highest BCUT2D eigenvalue weighted by atomic mass is 15.1. The Labute approximate surface area is 146 Å². The lowest BCUT2D eigenvalue weighted by atomic mass is 9.93. The van der Waals surface area contributed by atoms with Crippen molar-refractivity contribution in [2.24, 2.45) is 5.92 Å². The largest absolute Gasteiger partial charge is 0.512 e. The highest BCUT2D eigenvalue weighted by Gasteiger charge is 2.21. The maximum absolute atomic E-state index is 6.25. The fourth-order valence-corrected chi connectivity index (χ4v) is 4.00. The van der Waals surface area contributed by atoms with Gasteiger partial charge in [0.05, 0.1) is 19.6 Å². The van der Waals surface area contributed by atoms with Gasteiger partial charge in [0.1, 0.15) is 0 Å². The molecule has 0 aromatic carbocycles. The van der Waals surface area contributed by atoms with Crippen molar-refractivity contribution >= 4 is 0 Å². The van der Waals surface area contributed by atoms with Crippen LogP contribution in [0.5, 0.6) is 0 Å². The van der Waals surface area contributed by atoms with Crippen molar-refractivity contribution in [2.45, 2.75) is 104 Å². The van der Waals surface area contributed by atoms with Crippen LogP contribution in [0.2, 0.25) is 0 Å². The summed E-state index contributed by atoms with van der Waals surface area (Å²) in [5.41, 5.74) is 0. The van der Waals surface area contributed by atoms with Gasteiger partial charge < -0.3 is 16.7 Å². The summed E-state index contributed by atoms with van der Waals surface area (Å²) in [6, 6.07) is 0. The second kappa shape index (κ2) is 17.8. The molecular weight excluding hydrogens is 280 g/mol. The predicted octanol–water partition coefficient (Wildman–Crippen LogP) is 5.10. The van der Waals surface area contributed by atoms with E-state index in [0.29, 0.717) is 0 Å². The molecule has 0 spiro atoms. The standard InChI is InChI=1S/C20H41N.CN/c1-3-5-6-7-8-9-10-11-12-13-17-21-18-14-16-20(19-21)15-4-2;1-2/h20H,3-19H2,1-2H3;/q;-1/p+1. The summed E-state index contributed by atoms with van der Waals surface area (Å²) >= 11 is 0. The van der Waals surface area contributed by atoms with Gasteiger partial charge in [0.15, 0.2) is 0 Å². The molecular formula is C21H42N2. The summed E-state index contributed by atoms with van der Waals surface area (Å²) in [5.74, 6) is 1.04. The summed E-state index contributed by atoms with van der Waals surface area (Å²) in [4.78, 5) is 1.92. The number of likely N-dealkylation sites (tertiary alicyclic amines) is 1. The quantitative estimate of drug-likeness (QED) is 0.371. The predicted molar refractivity (Wildman–Crippen MR) is 100 cm³/mol. The Morgan fingerprint density at radius 1 is 0.826 bits per heavy atom. The van der Waals surface area contributed by atoms with Crippen LogP contribution in [0.3, 0.4) is 0 Å². The number of hydrogen-bond acceptors (Lipinski definition) is 1. The van der Waals surface area contributed by atoms with E-state index in [9.17, 15) is 0 Å². The molecule has 0 aliphatic carbocycles. The molecule has 0 radical (unpaired) electrons. The SMILES string of the molecule is CCCCCCCCCCCC[NH+]1CCCC(CCC)C1.[C-]#N. The Balaban J connectivity index is 0.00000232. The molecule has 0 saturated carbocycles. The average Bonchev–Trinajstić information content (AvgIpc) is 2.59. The van der Waals surface area contributed by atoms with E-state index in [1.807, 2.05) is 4.90 Å². The van der Waals surface area contributed by atoms with Gasteiger partial charge in [-0.1, -0.05) is 71.6 Å². The van der Waals surface area contributed by atoms with Crippen molar-refractivity contribution in [3.05, 3.63) is 6.57 Å². The van der Waals surface area contributed by atoms with E-state index < -0.39 is 0 Å². The third kappa shape index (κ3) is 13.6. The third-order valence-electron chi connectivity index (χ3n) is 5.30. The fourth-order valence-electron chi connectivity index (χ4n) is 4.00. The van der Waals surface area contributed by atoms with Gasteiger partial charge in [-0.3, -0.25) is 0 Å². The van der Waals surface area contributed by atoms with E-state index in [0.717, 1.165) is 5.92 Å². The van der Waals surface area contributed by atoms with E-state index in [1.54, 1.807) is 0 Å². The number of piperidine rings is 1. The molecule has 1 fully saturated rings. The Bertz CT molecular complexity index is 247. The van der Waals surface area contributed by atoms with E-state index in [-0.39, 0.29) is 0 Å². The van der Waals surface area contributed by atoms with Crippen LogP contribution in [0.1, 0.15) is 104 Å². The molecule has 1 heterocycles. The molecule has 1 aliphatic rings. The highest BCUT2D eigenvalue weighted by Crippen LogP contribution is 2.14. The van der Waals surface area contributed by atoms with Crippen LogP contribution in [0.25, 0.3) is 0 Å². The van der Waals surface area contributed by atoms with Gasteiger partial charge in [0.25, 0.3) is 0 Å². The Hall–Kier alpha value is -0.550. The van der Waals surface area contributed by atoms with Crippen molar-refractivity contribution in [3.8, 4) is 0 Å². The number of rotatable bonds is 13. The van der Waals surface area contributed by atoms with E-state index in [4.69, 9.17) is 11.8 Å². The molecule has 2 nitrogen and oxygen atoms in total. The molecule has 1 saturated heterocycles. The van der Waals surface area contributed by atoms with Gasteiger partial charge in [0.2, 0.25) is 0 Å². The molecule has 0 amide bonds. The lowest BCUT2D eigenvalue weighted by Crippen LogP contribution is -3.13. The first kappa shape index (κ1) is 22.4. The van der Waals surface area contributed by atoms with Gasteiger partial charge in [-0.25, -0.2) is 0 Å². The lowest BCUT2D eigenvalue weighted by Gasteiger charge is -2.29. The zero-order valence-corrected chi connectivity index (χ0v) is 16.0. The molecule has 1 rings (SSSR count). The van der Waals surface area contributed by atoms with Crippen LogP contribution in [-0.2, 0) is 0 Å². The normalized spacial score (nSPS) is 20.7. The van der Waals surface area contributed by atoms with Crippen LogP contribution in [-0.4, -0.2) is 19.6 Å². The lowest BCUT2D eigenvalue weighted by molar-refractivity contribution is -0.909. The Morgan fingerprint density at radius 2 is 1.39 bits per heavy atom. The molecule has 2 atom stereocenters. The highest BCUT2D eigenvalue weighted by molar-refractivity contribution is 4.61. The summed E-state index contributed by atoms with van der Waals surface area (Å²) in [6.07, 6.45) is 20.5. The number of quaternary nitrogens is 1. The first-order valence-corrected chi connectivity index (χ1v) is 10.4. The van der Waals surface area contributed by atoms with Gasteiger partial charge in [-0.15, -0.1) is 0 Å². The maximum Gasteiger partial charge on any atom is 0.0799 e. The molecule has 0 aromatic heterocycles. The minimum Gasteiger partial charge on any atom is -0.512 e. The van der Waals surface area contributed by atoms with Crippen molar-refractivity contribution in [1.82, 2.24) is 0 Å². The van der Waals surface area contributed by atoms with Crippen LogP contribution in [0, 0.1) is 17.8 Å². The van der Waals surface area contributed by atoms with Crippen LogP contribution < -0.4 is 4.90 Å². The van der Waals surface area contributed by atoms with Gasteiger partial charge >= 0.3 is 0 Å². The summed E-state index contributed by atoms with van der Waals surface area (Å²) in [5, 5.41) is 6.25. The van der Waals surface area contributed by atoms with Crippen LogP contribution >= 0.6 is 0 Å². The Kier molecular flexibility index (Phi) is 17.4. The number of nitrogens with one attached hydrogen (secondary N) is 1. The Morgan fingerprint density at radius 3 is 1.96 bits per heavy atom. The first-order valence-electron chi connectivity index (χ1n) is 10.4. The topological polar surface area (TPSA) is 28.2 Å². The molecule has 0 bridgehead atoms. The van der Waals surface area contributed by atoms with E-state index in [2.05, 4.69) is 13.8 Å². The van der Waals surface area contributed by atoms with E-state index >= 15 is 0 Å². The first-order chi connectivity index (χ1) is 11.4. The van der Waals surface area contributed by atoms with Gasteiger partial charge in [-0.2, -0.15) is 0 Å². The molecule has 23 heavy (non-hydrogen) atoms. The van der Waals surface area contributed by atoms with Crippen LogP contribution in [0.4, 0.5) is 0 Å². The van der Waals surface area contributed by atoms with Crippen molar-refractivity contribution in [3.63, 3.8) is 0 Å². The second-order valence-corrected chi connectivity index (χ2v) is 7.43. The summed E-state index contributed by atoms with van der Waals surface area (Å²) in [7, 11) is 0. The zero-order valence-electron chi connectivity index (χ0n) is 16.0. The van der Waals surface area contributed by atoms with Gasteiger partial charge in [-0.05, 0) is 32.1 Å². The van der Waals surface area contributed by atoms with E-state index in [1.165, 1.54) is 110 Å². The monoisotopic (exact) mass is 322 g/mol. The third-order valence-corrected chi connectivity index (χ3v) is 5.30. The average molecular weight is 323 g/mol. The van der Waals surface area contributed by atoms with Crippen molar-refractivity contribution in [2.75, 3.05) is 19.6 Å². The number of hydrogen-bond donors (Lipinski definition) is 1. The molecule has 1 aliphatic heterocycles. The van der Waals surface area contributed by atoms with Crippen LogP contribution in [0.15, 0.2) is 0 Å². The smallest absolute Gasteiger partial charge is 0.0799 e. The minimum absolute atomic E-state index is 1.04. The molecule has 136 valence electrons. The molecule has 2 unspecified atom stereocenters. The van der Waals surface area contributed by atoms with Crippen molar-refractivity contribution in [1.29, 1.82) is 5.26 Å². The summed E-state index contributed by atoms with van der Waals surface area (Å²) < 4.78 is 0. The molecule has 1 N–H and O–H groups in total. The zero-order chi connectivity index (χ0) is 17.2. The number of nitrogens with zero attached hydrogens (tertiary/aromatic N) is 1. The van der Waals surface area contributed by atoms with Crippen molar-refractivity contribution < 1.29 is 4.90 Å². The fraction of sp³-hybridized carbons (Fsp3) is 0.952. The molecule has 2 heteroatoms.